The maximum Gasteiger partial charge on any atom is 0.138 e. The van der Waals surface area contributed by atoms with Gasteiger partial charge in [0, 0.05) is 11.6 Å². The van der Waals surface area contributed by atoms with E-state index in [1.54, 1.807) is 0 Å². The predicted molar refractivity (Wildman–Crippen MR) is 82.7 cm³/mol. The summed E-state index contributed by atoms with van der Waals surface area (Å²) in [6.45, 7) is 2.25. The number of allylic oxidation sites excluding steroid dienone is 4. The summed E-state index contributed by atoms with van der Waals surface area (Å²) in [5.41, 5.74) is 4.78. The van der Waals surface area contributed by atoms with E-state index in [2.05, 4.69) is 46.9 Å². The molecule has 102 valence electrons. The maximum absolute atomic E-state index is 4.78. The van der Waals surface area contributed by atoms with Crippen LogP contribution in [-0.2, 0) is 0 Å². The number of fused-ring (bicyclic) bond motifs is 1. The third-order valence-electron chi connectivity index (χ3n) is 4.42. The third-order valence-corrected chi connectivity index (χ3v) is 4.42. The third kappa shape index (κ3) is 1.98. The topological polar surface area (TPSA) is 40.7 Å². The van der Waals surface area contributed by atoms with E-state index in [0.717, 1.165) is 30.9 Å². The Hall–Kier alpha value is -1.87. The van der Waals surface area contributed by atoms with E-state index in [1.165, 1.54) is 29.4 Å². The van der Waals surface area contributed by atoms with Gasteiger partial charge in [-0.25, -0.2) is 4.98 Å². The van der Waals surface area contributed by atoms with Gasteiger partial charge in [0.25, 0.3) is 0 Å². The van der Waals surface area contributed by atoms with Crippen molar-refractivity contribution in [1.29, 1.82) is 0 Å². The molecule has 0 aromatic carbocycles. The van der Waals surface area contributed by atoms with E-state index in [4.69, 9.17) is 4.98 Å². The molecule has 2 N–H and O–H groups in total. The molecule has 0 unspecified atom stereocenters. The number of hydrogen-bond acceptors (Lipinski definition) is 2. The van der Waals surface area contributed by atoms with Crippen LogP contribution in [0.15, 0.2) is 36.6 Å². The summed E-state index contributed by atoms with van der Waals surface area (Å²) < 4.78 is 0. The van der Waals surface area contributed by atoms with Gasteiger partial charge in [-0.15, -0.1) is 0 Å². The summed E-state index contributed by atoms with van der Waals surface area (Å²) in [6, 6.07) is 4.39. The molecule has 4 rings (SSSR count). The summed E-state index contributed by atoms with van der Waals surface area (Å²) >= 11 is 0. The van der Waals surface area contributed by atoms with Crippen LogP contribution < -0.4 is 5.32 Å². The normalized spacial score (nSPS) is 19.7. The highest BCUT2D eigenvalue weighted by Gasteiger charge is 2.19. The van der Waals surface area contributed by atoms with Crippen LogP contribution in [0, 0.1) is 0 Å². The van der Waals surface area contributed by atoms with Crippen molar-refractivity contribution >= 4 is 16.6 Å². The van der Waals surface area contributed by atoms with Crippen LogP contribution in [0.2, 0.25) is 0 Å². The molecule has 0 atom stereocenters. The Morgan fingerprint density at radius 2 is 2.05 bits per heavy atom. The number of nitrogens with zero attached hydrogens (tertiary/aromatic N) is 1. The number of aromatic nitrogens is 2. The number of nitrogens with one attached hydrogen (secondary N) is 2. The van der Waals surface area contributed by atoms with Crippen LogP contribution in [-0.4, -0.2) is 23.1 Å². The van der Waals surface area contributed by atoms with Gasteiger partial charge in [-0.3, -0.25) is 0 Å². The van der Waals surface area contributed by atoms with Gasteiger partial charge in [0.05, 0.1) is 5.69 Å². The minimum absolute atomic E-state index is 0.670. The zero-order valence-electron chi connectivity index (χ0n) is 11.5. The van der Waals surface area contributed by atoms with E-state index in [1.807, 2.05) is 0 Å². The average molecular weight is 265 g/mol. The Balaban J connectivity index is 1.72. The first-order chi connectivity index (χ1) is 9.92. The molecule has 3 heterocycles. The van der Waals surface area contributed by atoms with E-state index in [9.17, 15) is 0 Å². The van der Waals surface area contributed by atoms with Crippen molar-refractivity contribution in [2.75, 3.05) is 13.1 Å². The molecule has 2 aromatic heterocycles. The molecule has 2 aromatic rings. The quantitative estimate of drug-likeness (QED) is 0.874. The summed E-state index contributed by atoms with van der Waals surface area (Å²) in [5, 5.41) is 4.72. The van der Waals surface area contributed by atoms with E-state index >= 15 is 0 Å². The Bertz CT molecular complexity index is 687. The van der Waals surface area contributed by atoms with Gasteiger partial charge in [0.1, 0.15) is 5.65 Å². The fourth-order valence-electron chi connectivity index (χ4n) is 3.31. The standard InChI is InChI=1S/C17H19N3/c1-2-4-13(3-1)16-6-5-14-15(11-19-17(14)20-16)12-7-9-18-10-8-12/h1,3-6,11-12,18H,2,7-10H2,(H,19,20). The Kier molecular flexibility index (Phi) is 2.92. The zero-order valence-corrected chi connectivity index (χ0v) is 11.5. The summed E-state index contributed by atoms with van der Waals surface area (Å²) in [6.07, 6.45) is 12.2. The van der Waals surface area contributed by atoms with E-state index < -0.39 is 0 Å². The zero-order chi connectivity index (χ0) is 13.4. The van der Waals surface area contributed by atoms with Gasteiger partial charge < -0.3 is 10.3 Å². The number of aromatic amines is 1. The minimum Gasteiger partial charge on any atom is -0.346 e. The van der Waals surface area contributed by atoms with Crippen LogP contribution in [0.5, 0.6) is 0 Å². The molecule has 3 nitrogen and oxygen atoms in total. The lowest BCUT2D eigenvalue weighted by molar-refractivity contribution is 0.462. The Morgan fingerprint density at radius 3 is 2.85 bits per heavy atom. The highest BCUT2D eigenvalue weighted by molar-refractivity contribution is 5.84. The first-order valence-electron chi connectivity index (χ1n) is 7.47. The molecule has 0 amide bonds. The van der Waals surface area contributed by atoms with Crippen molar-refractivity contribution in [1.82, 2.24) is 15.3 Å². The lowest BCUT2D eigenvalue weighted by Gasteiger charge is -2.22. The molecular weight excluding hydrogens is 246 g/mol. The highest BCUT2D eigenvalue weighted by atomic mass is 14.9. The van der Waals surface area contributed by atoms with Crippen molar-refractivity contribution in [3.05, 3.63) is 47.8 Å². The summed E-state index contributed by atoms with van der Waals surface area (Å²) in [4.78, 5) is 8.15. The van der Waals surface area contributed by atoms with Crippen LogP contribution in [0.3, 0.4) is 0 Å². The van der Waals surface area contributed by atoms with E-state index in [-0.39, 0.29) is 0 Å². The van der Waals surface area contributed by atoms with Crippen molar-refractivity contribution in [3.8, 4) is 0 Å². The lowest BCUT2D eigenvalue weighted by atomic mass is 9.90. The Labute approximate surface area is 118 Å². The minimum atomic E-state index is 0.670. The van der Waals surface area contributed by atoms with Crippen LogP contribution in [0.25, 0.3) is 16.6 Å². The summed E-state index contributed by atoms with van der Waals surface area (Å²) in [7, 11) is 0. The molecule has 1 fully saturated rings. The molecule has 1 saturated heterocycles. The second-order valence-corrected chi connectivity index (χ2v) is 5.66. The molecule has 1 aliphatic heterocycles. The summed E-state index contributed by atoms with van der Waals surface area (Å²) in [5.74, 6) is 0.670. The smallest absolute Gasteiger partial charge is 0.138 e. The van der Waals surface area contributed by atoms with E-state index in [0.29, 0.717) is 5.92 Å². The molecule has 0 bridgehead atoms. The van der Waals surface area contributed by atoms with Crippen molar-refractivity contribution in [3.63, 3.8) is 0 Å². The molecule has 0 radical (unpaired) electrons. The second-order valence-electron chi connectivity index (χ2n) is 5.66. The van der Waals surface area contributed by atoms with Gasteiger partial charge in [-0.2, -0.15) is 0 Å². The van der Waals surface area contributed by atoms with Crippen LogP contribution in [0.1, 0.15) is 36.4 Å². The number of rotatable bonds is 2. The maximum atomic E-state index is 4.78. The lowest BCUT2D eigenvalue weighted by Crippen LogP contribution is -2.26. The first kappa shape index (κ1) is 11.9. The van der Waals surface area contributed by atoms with Gasteiger partial charge in [0.2, 0.25) is 0 Å². The van der Waals surface area contributed by atoms with Gasteiger partial charge in [0.15, 0.2) is 0 Å². The molecular formula is C17H19N3. The second kappa shape index (κ2) is 4.91. The SMILES string of the molecule is C1=CC(c2ccc3c(C4CCNCC4)c[nH]c3n2)=CC1. The van der Waals surface area contributed by atoms with Gasteiger partial charge >= 0.3 is 0 Å². The van der Waals surface area contributed by atoms with Crippen LogP contribution >= 0.6 is 0 Å². The molecule has 0 spiro atoms. The molecule has 0 saturated carbocycles. The number of hydrogen-bond donors (Lipinski definition) is 2. The van der Waals surface area contributed by atoms with Gasteiger partial charge in [-0.1, -0.05) is 18.2 Å². The fraction of sp³-hybridized carbons (Fsp3) is 0.353. The first-order valence-corrected chi connectivity index (χ1v) is 7.47. The largest absolute Gasteiger partial charge is 0.346 e. The number of piperidine rings is 1. The van der Waals surface area contributed by atoms with Crippen molar-refractivity contribution in [2.45, 2.75) is 25.2 Å². The van der Waals surface area contributed by atoms with Crippen molar-refractivity contribution < 1.29 is 0 Å². The average Bonchev–Trinajstić information content (AvgIpc) is 3.17. The predicted octanol–water partition coefficient (Wildman–Crippen LogP) is 3.37. The van der Waals surface area contributed by atoms with Crippen molar-refractivity contribution in [2.24, 2.45) is 0 Å². The monoisotopic (exact) mass is 265 g/mol. The molecule has 1 aliphatic carbocycles. The molecule has 20 heavy (non-hydrogen) atoms. The molecule has 3 heteroatoms. The van der Waals surface area contributed by atoms with Gasteiger partial charge in [-0.05, 0) is 61.5 Å². The number of H-pyrrole nitrogens is 1. The van der Waals surface area contributed by atoms with Crippen LogP contribution in [0.4, 0.5) is 0 Å². The fourth-order valence-corrected chi connectivity index (χ4v) is 3.31. The molecule has 2 aliphatic rings. The Morgan fingerprint density at radius 1 is 1.15 bits per heavy atom. The highest BCUT2D eigenvalue weighted by Crippen LogP contribution is 2.32. The number of pyridine rings is 1.